The number of fused-ring (bicyclic) bond motifs is 1. The minimum atomic E-state index is -0.356. The number of rotatable bonds is 4. The molecule has 6 nitrogen and oxygen atoms in total. The Bertz CT molecular complexity index is 636. The molecule has 2 rings (SSSR count). The largest absolute Gasteiger partial charge is 0.397 e. The van der Waals surface area contributed by atoms with E-state index in [4.69, 9.17) is 5.73 Å². The van der Waals surface area contributed by atoms with E-state index in [9.17, 15) is 9.90 Å². The third-order valence-electron chi connectivity index (χ3n) is 3.08. The maximum atomic E-state index is 11.6. The molecule has 0 amide bonds. The first-order chi connectivity index (χ1) is 8.99. The zero-order chi connectivity index (χ0) is 14.0. The monoisotopic (exact) mass is 262 g/mol. The second-order valence-corrected chi connectivity index (χ2v) is 4.72. The number of anilines is 2. The number of aromatic nitrogens is 2. The summed E-state index contributed by atoms with van der Waals surface area (Å²) in [5, 5.41) is 9.79. The summed E-state index contributed by atoms with van der Waals surface area (Å²) in [6.07, 6.45) is 1.67. The molecule has 0 spiro atoms. The number of benzene rings is 1. The van der Waals surface area contributed by atoms with Gasteiger partial charge in [0, 0.05) is 13.6 Å². The van der Waals surface area contributed by atoms with Crippen LogP contribution in [0, 0.1) is 0 Å². The number of nitrogen functional groups attached to an aromatic ring is 1. The molecule has 102 valence electrons. The van der Waals surface area contributed by atoms with Gasteiger partial charge in [-0.1, -0.05) is 0 Å². The summed E-state index contributed by atoms with van der Waals surface area (Å²) in [6, 6.07) is 3.43. The predicted octanol–water partition coefficient (Wildman–Crippen LogP) is 0.712. The molecule has 1 atom stereocenters. The van der Waals surface area contributed by atoms with Crippen LogP contribution in [0.25, 0.3) is 10.9 Å². The van der Waals surface area contributed by atoms with Crippen molar-refractivity contribution in [2.45, 2.75) is 19.4 Å². The Morgan fingerprint density at radius 3 is 2.95 bits per heavy atom. The van der Waals surface area contributed by atoms with Crippen molar-refractivity contribution in [2.24, 2.45) is 0 Å². The Morgan fingerprint density at radius 2 is 2.26 bits per heavy atom. The molecule has 19 heavy (non-hydrogen) atoms. The van der Waals surface area contributed by atoms with E-state index >= 15 is 0 Å². The van der Waals surface area contributed by atoms with Crippen LogP contribution < -0.4 is 16.2 Å². The summed E-state index contributed by atoms with van der Waals surface area (Å²) in [5.74, 6) is 0. The normalized spacial score (nSPS) is 12.6. The average Bonchev–Trinajstić information content (AvgIpc) is 2.36. The van der Waals surface area contributed by atoms with Gasteiger partial charge in [-0.3, -0.25) is 4.79 Å². The van der Waals surface area contributed by atoms with E-state index in [1.54, 1.807) is 19.1 Å². The third kappa shape index (κ3) is 2.85. The lowest BCUT2D eigenvalue weighted by molar-refractivity contribution is 0.187. The first-order valence-electron chi connectivity index (χ1n) is 6.15. The molecule has 4 N–H and O–H groups in total. The second-order valence-electron chi connectivity index (χ2n) is 4.72. The van der Waals surface area contributed by atoms with Crippen LogP contribution in [-0.2, 0) is 0 Å². The van der Waals surface area contributed by atoms with Crippen molar-refractivity contribution in [2.75, 3.05) is 24.2 Å². The van der Waals surface area contributed by atoms with Crippen LogP contribution in [0.15, 0.2) is 23.3 Å². The number of nitrogens with zero attached hydrogens (tertiary/aromatic N) is 2. The highest BCUT2D eigenvalue weighted by molar-refractivity contribution is 5.88. The fourth-order valence-corrected chi connectivity index (χ4v) is 1.95. The molecule has 0 fully saturated rings. The molecule has 0 aliphatic carbocycles. The number of aromatic amines is 1. The van der Waals surface area contributed by atoms with E-state index in [2.05, 4.69) is 9.97 Å². The topological polar surface area (TPSA) is 95.2 Å². The number of hydrogen-bond acceptors (Lipinski definition) is 5. The Kier molecular flexibility index (Phi) is 3.71. The standard InChI is InChI=1S/C13H18N4O2/c1-8(18)3-4-17(2)12-6-11-9(5-10(12)14)13(19)16-7-15-11/h5-8,18H,3-4,14H2,1-2H3,(H,15,16,19). The predicted molar refractivity (Wildman–Crippen MR) is 76.3 cm³/mol. The van der Waals surface area contributed by atoms with Crippen molar-refractivity contribution in [1.29, 1.82) is 0 Å². The van der Waals surface area contributed by atoms with Crippen LogP contribution in [0.1, 0.15) is 13.3 Å². The molecule has 1 aromatic carbocycles. The van der Waals surface area contributed by atoms with E-state index < -0.39 is 0 Å². The van der Waals surface area contributed by atoms with Gasteiger partial charge in [0.1, 0.15) is 0 Å². The Hall–Kier alpha value is -2.08. The molecule has 0 aliphatic heterocycles. The van der Waals surface area contributed by atoms with Gasteiger partial charge in [-0.25, -0.2) is 4.98 Å². The van der Waals surface area contributed by atoms with E-state index in [0.717, 1.165) is 5.69 Å². The SMILES string of the molecule is CC(O)CCN(C)c1cc2nc[nH]c(=O)c2cc1N. The van der Waals surface area contributed by atoms with Gasteiger partial charge in [0.15, 0.2) is 0 Å². The molecule has 2 aromatic rings. The fraction of sp³-hybridized carbons (Fsp3) is 0.385. The van der Waals surface area contributed by atoms with Crippen molar-refractivity contribution in [3.63, 3.8) is 0 Å². The Morgan fingerprint density at radius 1 is 1.53 bits per heavy atom. The summed E-state index contributed by atoms with van der Waals surface area (Å²) < 4.78 is 0. The molecule has 6 heteroatoms. The van der Waals surface area contributed by atoms with Crippen molar-refractivity contribution in [3.8, 4) is 0 Å². The smallest absolute Gasteiger partial charge is 0.258 e. The van der Waals surface area contributed by atoms with Gasteiger partial charge in [0.2, 0.25) is 0 Å². The number of H-pyrrole nitrogens is 1. The van der Waals surface area contributed by atoms with Crippen LogP contribution in [-0.4, -0.2) is 34.8 Å². The molecule has 1 heterocycles. The third-order valence-corrected chi connectivity index (χ3v) is 3.08. The molecule has 1 unspecified atom stereocenters. The number of nitrogens with one attached hydrogen (secondary N) is 1. The Balaban J connectivity index is 2.39. The lowest BCUT2D eigenvalue weighted by Crippen LogP contribution is -2.23. The highest BCUT2D eigenvalue weighted by atomic mass is 16.3. The molecule has 0 radical (unpaired) electrons. The van der Waals surface area contributed by atoms with E-state index in [1.165, 1.54) is 6.33 Å². The second kappa shape index (κ2) is 5.27. The van der Waals surface area contributed by atoms with Crippen LogP contribution >= 0.6 is 0 Å². The molecular formula is C13H18N4O2. The van der Waals surface area contributed by atoms with Crippen LogP contribution in [0.3, 0.4) is 0 Å². The molecule has 0 bridgehead atoms. The minimum Gasteiger partial charge on any atom is -0.397 e. The van der Waals surface area contributed by atoms with E-state index in [0.29, 0.717) is 29.6 Å². The van der Waals surface area contributed by atoms with Gasteiger partial charge >= 0.3 is 0 Å². The van der Waals surface area contributed by atoms with E-state index in [1.807, 2.05) is 11.9 Å². The quantitative estimate of drug-likeness (QED) is 0.705. The maximum absolute atomic E-state index is 11.6. The van der Waals surface area contributed by atoms with Crippen molar-refractivity contribution < 1.29 is 5.11 Å². The van der Waals surface area contributed by atoms with Gasteiger partial charge in [-0.15, -0.1) is 0 Å². The van der Waals surface area contributed by atoms with Gasteiger partial charge < -0.3 is 20.7 Å². The molecule has 0 aliphatic rings. The summed E-state index contributed by atoms with van der Waals surface area (Å²) >= 11 is 0. The Labute approximate surface area is 110 Å². The average molecular weight is 262 g/mol. The highest BCUT2D eigenvalue weighted by Gasteiger charge is 2.10. The lowest BCUT2D eigenvalue weighted by atomic mass is 10.1. The fourth-order valence-electron chi connectivity index (χ4n) is 1.95. The van der Waals surface area contributed by atoms with Gasteiger partial charge in [0.05, 0.1) is 34.7 Å². The summed E-state index contributed by atoms with van der Waals surface area (Å²) in [5.41, 5.74) is 7.73. The summed E-state index contributed by atoms with van der Waals surface area (Å²) in [6.45, 7) is 2.43. The lowest BCUT2D eigenvalue weighted by Gasteiger charge is -2.22. The van der Waals surface area contributed by atoms with Crippen LogP contribution in [0.5, 0.6) is 0 Å². The first kappa shape index (κ1) is 13.4. The highest BCUT2D eigenvalue weighted by Crippen LogP contribution is 2.26. The van der Waals surface area contributed by atoms with Gasteiger partial charge in [-0.05, 0) is 25.5 Å². The van der Waals surface area contributed by atoms with Crippen LogP contribution in [0.2, 0.25) is 0 Å². The van der Waals surface area contributed by atoms with Crippen LogP contribution in [0.4, 0.5) is 11.4 Å². The maximum Gasteiger partial charge on any atom is 0.258 e. The molecular weight excluding hydrogens is 244 g/mol. The summed E-state index contributed by atoms with van der Waals surface area (Å²) in [4.78, 5) is 20.2. The zero-order valence-electron chi connectivity index (χ0n) is 11.1. The zero-order valence-corrected chi connectivity index (χ0v) is 11.1. The number of aliphatic hydroxyl groups is 1. The molecule has 1 aromatic heterocycles. The van der Waals surface area contributed by atoms with Gasteiger partial charge in [-0.2, -0.15) is 0 Å². The number of aliphatic hydroxyl groups excluding tert-OH is 1. The number of nitrogens with two attached hydrogens (primary N) is 1. The minimum absolute atomic E-state index is 0.199. The molecule has 0 saturated carbocycles. The van der Waals surface area contributed by atoms with Crippen molar-refractivity contribution in [1.82, 2.24) is 9.97 Å². The summed E-state index contributed by atoms with van der Waals surface area (Å²) in [7, 11) is 1.90. The van der Waals surface area contributed by atoms with E-state index in [-0.39, 0.29) is 11.7 Å². The van der Waals surface area contributed by atoms with Crippen molar-refractivity contribution in [3.05, 3.63) is 28.8 Å². The van der Waals surface area contributed by atoms with Crippen molar-refractivity contribution >= 4 is 22.3 Å². The molecule has 0 saturated heterocycles. The number of hydrogen-bond donors (Lipinski definition) is 3. The first-order valence-corrected chi connectivity index (χ1v) is 6.15. The van der Waals surface area contributed by atoms with Gasteiger partial charge in [0.25, 0.3) is 5.56 Å².